The number of piperidine rings is 2. The monoisotopic (exact) mass is 806 g/mol. The van der Waals surface area contributed by atoms with Crippen LogP contribution >= 0.6 is 0 Å². The van der Waals surface area contributed by atoms with E-state index >= 15 is 4.39 Å². The predicted octanol–water partition coefficient (Wildman–Crippen LogP) is 5.24. The molecule has 302 valence electrons. The van der Waals surface area contributed by atoms with Gasteiger partial charge in [0.2, 0.25) is 21.8 Å². The van der Waals surface area contributed by atoms with Gasteiger partial charge in [-0.25, -0.2) is 27.5 Å². The number of amides is 2. The molecule has 3 saturated heterocycles. The average molecular weight is 807 g/mol. The number of nitrogens with zero attached hydrogens (tertiary/aromatic N) is 8. The number of carbonyl (C=O) groups is 2. The Morgan fingerprint density at radius 2 is 1.57 bits per heavy atom. The van der Waals surface area contributed by atoms with Gasteiger partial charge in [0.25, 0.3) is 0 Å². The Morgan fingerprint density at radius 1 is 0.845 bits per heavy atom. The molecule has 3 aliphatic heterocycles. The molecule has 7 heterocycles. The molecule has 0 bridgehead atoms. The summed E-state index contributed by atoms with van der Waals surface area (Å²) in [6.45, 7) is 8.32. The zero-order chi connectivity index (χ0) is 40.2. The number of hydrogen-bond donors (Lipinski definition) is 2. The molecular weight excluding hydrogens is 760 g/mol. The maximum atomic E-state index is 16.0. The van der Waals surface area contributed by atoms with Crippen LogP contribution in [0.15, 0.2) is 85.6 Å². The fourth-order valence-electron chi connectivity index (χ4n) is 8.10. The van der Waals surface area contributed by atoms with Gasteiger partial charge in [0.1, 0.15) is 17.3 Å². The van der Waals surface area contributed by atoms with E-state index in [0.717, 1.165) is 81.4 Å². The van der Waals surface area contributed by atoms with Crippen LogP contribution in [0.5, 0.6) is 0 Å². The van der Waals surface area contributed by atoms with Crippen molar-refractivity contribution < 1.29 is 22.4 Å². The van der Waals surface area contributed by atoms with Crippen LogP contribution in [-0.2, 0) is 19.6 Å². The van der Waals surface area contributed by atoms with Gasteiger partial charge in [-0.3, -0.25) is 29.5 Å². The van der Waals surface area contributed by atoms with E-state index in [0.29, 0.717) is 42.1 Å². The second-order valence-electron chi connectivity index (χ2n) is 15.2. The number of hydrogen-bond acceptors (Lipinski definition) is 11. The molecule has 0 radical (unpaired) electrons. The minimum absolute atomic E-state index is 0.108. The van der Waals surface area contributed by atoms with E-state index in [2.05, 4.69) is 34.7 Å². The molecule has 16 heteroatoms. The van der Waals surface area contributed by atoms with Crippen molar-refractivity contribution in [2.24, 2.45) is 5.92 Å². The Kier molecular flexibility index (Phi) is 11.5. The van der Waals surface area contributed by atoms with Gasteiger partial charge in [-0.05, 0) is 73.6 Å². The third kappa shape index (κ3) is 8.72. The molecule has 2 N–H and O–H groups in total. The van der Waals surface area contributed by atoms with Gasteiger partial charge in [-0.2, -0.15) is 5.10 Å². The summed E-state index contributed by atoms with van der Waals surface area (Å²) < 4.78 is 45.0. The molecule has 0 spiro atoms. The van der Waals surface area contributed by atoms with E-state index < -0.39 is 15.8 Å². The number of sulfonamides is 1. The van der Waals surface area contributed by atoms with Crippen LogP contribution in [0.4, 0.5) is 21.7 Å². The van der Waals surface area contributed by atoms with Crippen LogP contribution in [0.25, 0.3) is 28.1 Å². The van der Waals surface area contributed by atoms with Gasteiger partial charge >= 0.3 is 0 Å². The summed E-state index contributed by atoms with van der Waals surface area (Å²) in [6.07, 6.45) is 12.1. The molecule has 8 rings (SSSR count). The highest BCUT2D eigenvalue weighted by atomic mass is 32.2. The minimum Gasteiger partial charge on any atom is -0.357 e. The SMILES string of the molecule is CCCS(=O)(=O)Nc1cccc(-c2cn(-c3ccc(N4CCN(CC5CCN(c6ccc([C@H]7CCC(=O)NC7=O)cn6)CC5)CC4)nc3)nc2-c2ccncc2)c1F. The molecule has 0 saturated carbocycles. The summed E-state index contributed by atoms with van der Waals surface area (Å²) in [4.78, 5) is 44.6. The quantitative estimate of drug-likeness (QED) is 0.159. The van der Waals surface area contributed by atoms with Gasteiger partial charge in [0, 0.05) is 93.7 Å². The molecule has 3 aliphatic rings. The van der Waals surface area contributed by atoms with E-state index in [-0.39, 0.29) is 34.7 Å². The third-order valence-corrected chi connectivity index (χ3v) is 12.7. The Balaban J connectivity index is 0.873. The first-order valence-corrected chi connectivity index (χ1v) is 21.6. The van der Waals surface area contributed by atoms with Crippen LogP contribution in [0.1, 0.15) is 50.5 Å². The largest absolute Gasteiger partial charge is 0.357 e. The molecule has 1 aromatic carbocycles. The van der Waals surface area contributed by atoms with Crippen LogP contribution in [0, 0.1) is 11.7 Å². The first-order valence-electron chi connectivity index (χ1n) is 19.9. The highest BCUT2D eigenvalue weighted by Gasteiger charge is 2.29. The lowest BCUT2D eigenvalue weighted by Crippen LogP contribution is -2.49. The summed E-state index contributed by atoms with van der Waals surface area (Å²) in [7, 11) is -3.70. The smallest absolute Gasteiger partial charge is 0.234 e. The number of aromatic nitrogens is 5. The van der Waals surface area contributed by atoms with Crippen LogP contribution in [0.3, 0.4) is 0 Å². The lowest BCUT2D eigenvalue weighted by molar-refractivity contribution is -0.134. The second-order valence-corrected chi connectivity index (χ2v) is 17.0. The van der Waals surface area contributed by atoms with Gasteiger partial charge in [-0.15, -0.1) is 0 Å². The van der Waals surface area contributed by atoms with Gasteiger partial charge in [-0.1, -0.05) is 25.1 Å². The van der Waals surface area contributed by atoms with Crippen LogP contribution in [0.2, 0.25) is 0 Å². The van der Waals surface area contributed by atoms with Crippen LogP contribution < -0.4 is 19.8 Å². The molecule has 2 amide bonds. The van der Waals surface area contributed by atoms with Crippen molar-refractivity contribution in [1.82, 2.24) is 34.9 Å². The summed E-state index contributed by atoms with van der Waals surface area (Å²) in [5.41, 5.74) is 3.44. The summed E-state index contributed by atoms with van der Waals surface area (Å²) in [5, 5.41) is 7.28. The Bertz CT molecular complexity index is 2340. The van der Waals surface area contributed by atoms with Gasteiger partial charge < -0.3 is 9.80 Å². The standard InChI is InChI=1S/C42H47FN10O4S/c1-2-24-58(56,57)49-36-5-3-4-34(40(36)43)35-28-53(48-41(35)30-12-16-44-17-13-30)32-7-10-38(46-26-32)52-22-20-50(21-23-52)27-29-14-18-51(19-15-29)37-9-6-31(25-45-37)33-8-11-39(54)47-42(33)55/h3-7,9-10,12-13,16-17,25-26,28-29,33,49H,2,8,11,14-15,18-24,27H2,1H3,(H,47,54,55)/t33-/m1/s1. The zero-order valence-corrected chi connectivity index (χ0v) is 33.2. The predicted molar refractivity (Wildman–Crippen MR) is 221 cm³/mol. The summed E-state index contributed by atoms with van der Waals surface area (Å²) in [6, 6.07) is 16.2. The Morgan fingerprint density at radius 3 is 2.24 bits per heavy atom. The molecule has 0 unspecified atom stereocenters. The normalized spacial score (nSPS) is 18.3. The highest BCUT2D eigenvalue weighted by molar-refractivity contribution is 7.92. The molecule has 3 fully saturated rings. The zero-order valence-electron chi connectivity index (χ0n) is 32.4. The number of benzene rings is 1. The number of piperazine rings is 1. The fraction of sp³-hybridized carbons (Fsp3) is 0.381. The first-order chi connectivity index (χ1) is 28.1. The maximum absolute atomic E-state index is 16.0. The molecule has 5 aromatic rings. The third-order valence-electron chi connectivity index (χ3n) is 11.3. The average Bonchev–Trinajstić information content (AvgIpc) is 3.68. The van der Waals surface area contributed by atoms with E-state index in [4.69, 9.17) is 10.1 Å². The Labute approximate surface area is 337 Å². The summed E-state index contributed by atoms with van der Waals surface area (Å²) in [5.74, 6) is 0.865. The number of imide groups is 1. The first kappa shape index (κ1) is 39.1. The molecule has 1 atom stereocenters. The highest BCUT2D eigenvalue weighted by Crippen LogP contribution is 2.36. The lowest BCUT2D eigenvalue weighted by atomic mass is 9.91. The Hall–Kier alpha value is -5.74. The number of anilines is 3. The van der Waals surface area contributed by atoms with Crippen molar-refractivity contribution in [2.75, 3.05) is 66.1 Å². The van der Waals surface area contributed by atoms with Crippen molar-refractivity contribution in [1.29, 1.82) is 0 Å². The molecular formula is C42H47FN10O4S. The van der Waals surface area contributed by atoms with E-state index in [9.17, 15) is 18.0 Å². The van der Waals surface area contributed by atoms with Crippen LogP contribution in [-0.4, -0.2) is 101 Å². The van der Waals surface area contributed by atoms with Gasteiger partial charge in [0.05, 0.1) is 29.2 Å². The number of halogens is 1. The van der Waals surface area contributed by atoms with Crippen molar-refractivity contribution in [3.63, 3.8) is 0 Å². The fourth-order valence-corrected chi connectivity index (χ4v) is 9.24. The van der Waals surface area contributed by atoms with Crippen molar-refractivity contribution >= 4 is 39.2 Å². The minimum atomic E-state index is -3.70. The topological polar surface area (TPSA) is 159 Å². The maximum Gasteiger partial charge on any atom is 0.234 e. The molecule has 4 aromatic heterocycles. The second kappa shape index (κ2) is 17.0. The van der Waals surface area contributed by atoms with E-state index in [1.165, 1.54) is 6.07 Å². The molecule has 0 aliphatic carbocycles. The number of rotatable bonds is 12. The van der Waals surface area contributed by atoms with E-state index in [1.807, 2.05) is 24.3 Å². The summed E-state index contributed by atoms with van der Waals surface area (Å²) >= 11 is 0. The van der Waals surface area contributed by atoms with Crippen molar-refractivity contribution in [2.45, 2.75) is 44.9 Å². The number of pyridine rings is 3. The van der Waals surface area contributed by atoms with Crippen molar-refractivity contribution in [3.05, 3.63) is 97.0 Å². The van der Waals surface area contributed by atoms with Gasteiger partial charge in [0.15, 0.2) is 5.82 Å². The molecule has 14 nitrogen and oxygen atoms in total. The van der Waals surface area contributed by atoms with E-state index in [1.54, 1.807) is 66.9 Å². The molecule has 58 heavy (non-hydrogen) atoms. The number of carbonyl (C=O) groups excluding carboxylic acids is 2. The van der Waals surface area contributed by atoms with Crippen molar-refractivity contribution in [3.8, 4) is 28.1 Å². The lowest BCUT2D eigenvalue weighted by Gasteiger charge is -2.39. The number of nitrogens with one attached hydrogen (secondary N) is 2.